The second kappa shape index (κ2) is 6.76. The Morgan fingerprint density at radius 1 is 1.43 bits per heavy atom. The Hall–Kier alpha value is -1.79. The number of rotatable bonds is 4. The predicted octanol–water partition coefficient (Wildman–Crippen LogP) is 2.75. The first-order chi connectivity index (χ1) is 11.1. The molecule has 2 aromatic rings. The van der Waals surface area contributed by atoms with Crippen LogP contribution in [0.2, 0.25) is 0 Å². The Kier molecular flexibility index (Phi) is 4.73. The van der Waals surface area contributed by atoms with Crippen LogP contribution >= 0.6 is 11.3 Å². The van der Waals surface area contributed by atoms with Gasteiger partial charge in [-0.3, -0.25) is 4.79 Å². The van der Waals surface area contributed by atoms with Gasteiger partial charge < -0.3 is 10.6 Å². The van der Waals surface area contributed by atoms with E-state index in [1.54, 1.807) is 0 Å². The summed E-state index contributed by atoms with van der Waals surface area (Å²) in [7, 11) is 0. The van der Waals surface area contributed by atoms with Gasteiger partial charge in [-0.05, 0) is 43.4 Å². The maximum atomic E-state index is 13.0. The van der Waals surface area contributed by atoms with Crippen molar-refractivity contribution in [2.45, 2.75) is 26.3 Å². The van der Waals surface area contributed by atoms with Crippen molar-refractivity contribution >= 4 is 17.2 Å². The van der Waals surface area contributed by atoms with Crippen molar-refractivity contribution in [3.05, 3.63) is 51.2 Å². The standard InChI is InChI=1S/C17H20FN3OS/c1-11-16(20-15(9-19)23-11)17(22)21-7-6-13(10-21)8-12-2-4-14(18)5-3-12/h2-5,13H,6-10,19H2,1H3. The van der Waals surface area contributed by atoms with Crippen molar-refractivity contribution in [3.8, 4) is 0 Å². The van der Waals surface area contributed by atoms with Crippen LogP contribution in [0.5, 0.6) is 0 Å². The van der Waals surface area contributed by atoms with E-state index in [4.69, 9.17) is 5.73 Å². The van der Waals surface area contributed by atoms with Gasteiger partial charge in [0.25, 0.3) is 5.91 Å². The molecule has 0 radical (unpaired) electrons. The highest BCUT2D eigenvalue weighted by Gasteiger charge is 2.29. The van der Waals surface area contributed by atoms with Crippen LogP contribution < -0.4 is 5.73 Å². The number of benzene rings is 1. The quantitative estimate of drug-likeness (QED) is 0.936. The molecule has 1 saturated heterocycles. The van der Waals surface area contributed by atoms with E-state index in [0.717, 1.165) is 41.4 Å². The Balaban J connectivity index is 1.63. The molecule has 2 N–H and O–H groups in total. The van der Waals surface area contributed by atoms with Gasteiger partial charge in [-0.2, -0.15) is 0 Å². The summed E-state index contributed by atoms with van der Waals surface area (Å²) in [6.45, 7) is 3.76. The van der Waals surface area contributed by atoms with E-state index in [1.165, 1.54) is 23.5 Å². The number of halogens is 1. The van der Waals surface area contributed by atoms with Crippen molar-refractivity contribution < 1.29 is 9.18 Å². The zero-order valence-electron chi connectivity index (χ0n) is 13.1. The van der Waals surface area contributed by atoms with E-state index in [2.05, 4.69) is 4.98 Å². The SMILES string of the molecule is Cc1sc(CN)nc1C(=O)N1CCC(Cc2ccc(F)cc2)C1. The molecule has 0 bridgehead atoms. The van der Waals surface area contributed by atoms with E-state index < -0.39 is 0 Å². The Bertz CT molecular complexity index is 698. The molecule has 1 atom stereocenters. The number of aromatic nitrogens is 1. The van der Waals surface area contributed by atoms with Gasteiger partial charge in [0.15, 0.2) is 0 Å². The van der Waals surface area contributed by atoms with Gasteiger partial charge in [0.05, 0.1) is 0 Å². The van der Waals surface area contributed by atoms with Crippen LogP contribution in [0.25, 0.3) is 0 Å². The molecule has 1 fully saturated rings. The van der Waals surface area contributed by atoms with E-state index in [1.807, 2.05) is 24.0 Å². The normalized spacial score (nSPS) is 17.7. The van der Waals surface area contributed by atoms with Crippen LogP contribution in [0.15, 0.2) is 24.3 Å². The van der Waals surface area contributed by atoms with E-state index in [0.29, 0.717) is 18.2 Å². The molecule has 1 aromatic carbocycles. The number of nitrogens with zero attached hydrogens (tertiary/aromatic N) is 2. The number of hydrogen-bond donors (Lipinski definition) is 1. The fourth-order valence-corrected chi connectivity index (χ4v) is 3.83. The minimum absolute atomic E-state index is 0.0000520. The van der Waals surface area contributed by atoms with Gasteiger partial charge in [0, 0.05) is 24.5 Å². The molecule has 6 heteroatoms. The number of thiazole rings is 1. The molecule has 2 heterocycles. The molecule has 122 valence electrons. The van der Waals surface area contributed by atoms with Gasteiger partial charge in [-0.1, -0.05) is 12.1 Å². The third kappa shape index (κ3) is 3.59. The second-order valence-electron chi connectivity index (χ2n) is 5.95. The van der Waals surface area contributed by atoms with Crippen molar-refractivity contribution in [2.75, 3.05) is 13.1 Å². The zero-order chi connectivity index (χ0) is 16.4. The highest BCUT2D eigenvalue weighted by Crippen LogP contribution is 2.25. The number of aryl methyl sites for hydroxylation is 1. The molecule has 1 aliphatic heterocycles. The topological polar surface area (TPSA) is 59.2 Å². The summed E-state index contributed by atoms with van der Waals surface area (Å²) < 4.78 is 13.0. The number of likely N-dealkylation sites (tertiary alicyclic amines) is 1. The first-order valence-electron chi connectivity index (χ1n) is 7.77. The first kappa shape index (κ1) is 16.1. The summed E-state index contributed by atoms with van der Waals surface area (Å²) >= 11 is 1.49. The third-order valence-electron chi connectivity index (χ3n) is 4.23. The van der Waals surface area contributed by atoms with E-state index >= 15 is 0 Å². The van der Waals surface area contributed by atoms with E-state index in [9.17, 15) is 9.18 Å². The molecule has 0 saturated carbocycles. The molecular weight excluding hydrogens is 313 g/mol. The molecule has 1 amide bonds. The van der Waals surface area contributed by atoms with Crippen molar-refractivity contribution in [2.24, 2.45) is 11.7 Å². The average Bonchev–Trinajstić information content (AvgIpc) is 3.15. The summed E-state index contributed by atoms with van der Waals surface area (Å²) in [5.41, 5.74) is 7.25. The largest absolute Gasteiger partial charge is 0.337 e. The smallest absolute Gasteiger partial charge is 0.273 e. The molecule has 1 aliphatic rings. The fraction of sp³-hybridized carbons (Fsp3) is 0.412. The Labute approximate surface area is 139 Å². The van der Waals surface area contributed by atoms with Crippen LogP contribution in [0.1, 0.15) is 32.4 Å². The maximum Gasteiger partial charge on any atom is 0.273 e. The summed E-state index contributed by atoms with van der Waals surface area (Å²) in [6.07, 6.45) is 1.84. The minimum Gasteiger partial charge on any atom is -0.337 e. The second-order valence-corrected chi connectivity index (χ2v) is 7.24. The lowest BCUT2D eigenvalue weighted by Crippen LogP contribution is -2.29. The molecule has 3 rings (SSSR count). The summed E-state index contributed by atoms with van der Waals surface area (Å²) in [4.78, 5) is 19.8. The lowest BCUT2D eigenvalue weighted by atomic mass is 9.99. The number of hydrogen-bond acceptors (Lipinski definition) is 4. The van der Waals surface area contributed by atoms with Crippen LogP contribution in [0.3, 0.4) is 0 Å². The number of nitrogens with two attached hydrogens (primary N) is 1. The van der Waals surface area contributed by atoms with Gasteiger partial charge in [0.2, 0.25) is 0 Å². The van der Waals surface area contributed by atoms with Gasteiger partial charge in [-0.15, -0.1) is 11.3 Å². The molecule has 0 spiro atoms. The first-order valence-corrected chi connectivity index (χ1v) is 8.58. The zero-order valence-corrected chi connectivity index (χ0v) is 13.9. The lowest BCUT2D eigenvalue weighted by Gasteiger charge is -2.16. The van der Waals surface area contributed by atoms with Crippen LogP contribution in [0.4, 0.5) is 4.39 Å². The molecule has 4 nitrogen and oxygen atoms in total. The highest BCUT2D eigenvalue weighted by atomic mass is 32.1. The molecule has 23 heavy (non-hydrogen) atoms. The maximum absolute atomic E-state index is 13.0. The molecule has 1 unspecified atom stereocenters. The monoisotopic (exact) mass is 333 g/mol. The molecule has 0 aliphatic carbocycles. The summed E-state index contributed by atoms with van der Waals surface area (Å²) in [5.74, 6) is 0.198. The van der Waals surface area contributed by atoms with Crippen LogP contribution in [0, 0.1) is 18.7 Å². The summed E-state index contributed by atoms with van der Waals surface area (Å²) in [6, 6.07) is 6.61. The predicted molar refractivity (Wildman–Crippen MR) is 88.9 cm³/mol. The van der Waals surface area contributed by atoms with Gasteiger partial charge in [0.1, 0.15) is 16.5 Å². The lowest BCUT2D eigenvalue weighted by molar-refractivity contribution is 0.0781. The van der Waals surface area contributed by atoms with Crippen molar-refractivity contribution in [1.82, 2.24) is 9.88 Å². The van der Waals surface area contributed by atoms with Gasteiger partial charge >= 0.3 is 0 Å². The number of carbonyl (C=O) groups excluding carboxylic acids is 1. The summed E-state index contributed by atoms with van der Waals surface area (Å²) in [5, 5.41) is 0.799. The fourth-order valence-electron chi connectivity index (χ4n) is 3.02. The molecule has 1 aromatic heterocycles. The van der Waals surface area contributed by atoms with Crippen molar-refractivity contribution in [3.63, 3.8) is 0 Å². The van der Waals surface area contributed by atoms with E-state index in [-0.39, 0.29) is 11.7 Å². The minimum atomic E-state index is -0.216. The highest BCUT2D eigenvalue weighted by molar-refractivity contribution is 7.11. The van der Waals surface area contributed by atoms with Crippen molar-refractivity contribution in [1.29, 1.82) is 0 Å². The number of carbonyl (C=O) groups is 1. The van der Waals surface area contributed by atoms with Crippen LogP contribution in [-0.4, -0.2) is 28.9 Å². The number of amides is 1. The average molecular weight is 333 g/mol. The molecular formula is C17H20FN3OS. The van der Waals surface area contributed by atoms with Gasteiger partial charge in [-0.25, -0.2) is 9.37 Å². The Morgan fingerprint density at radius 2 is 2.17 bits per heavy atom. The van der Waals surface area contributed by atoms with Crippen LogP contribution in [-0.2, 0) is 13.0 Å². The Morgan fingerprint density at radius 3 is 2.83 bits per heavy atom. The third-order valence-corrected chi connectivity index (χ3v) is 5.22.